The van der Waals surface area contributed by atoms with E-state index in [1.807, 2.05) is 0 Å². The summed E-state index contributed by atoms with van der Waals surface area (Å²) in [4.78, 5) is 52.1. The highest BCUT2D eigenvalue weighted by Gasteiger charge is 2.22. The number of nitrogen functional groups attached to an aromatic ring is 2. The van der Waals surface area contributed by atoms with Crippen LogP contribution in [0.2, 0.25) is 0 Å². The molecule has 2 atom stereocenters. The monoisotopic (exact) mass is 447 g/mol. The number of H-pyrrole nitrogens is 1. The first-order valence-corrected chi connectivity index (χ1v) is 9.76. The summed E-state index contributed by atoms with van der Waals surface area (Å²) in [6.45, 7) is 0. The van der Waals surface area contributed by atoms with Crippen LogP contribution < -0.4 is 22.3 Å². The maximum absolute atomic E-state index is 12.3. The number of hydrogen-bond donors (Lipinski definition) is 7. The predicted molar refractivity (Wildman–Crippen MR) is 114 cm³/mol. The number of aromatic amines is 1. The molecule has 32 heavy (non-hydrogen) atoms. The average Bonchev–Trinajstić information content (AvgIpc) is 2.72. The molecule has 12 heteroatoms. The number of nitrogens with one attached hydrogen (secondary N) is 2. The summed E-state index contributed by atoms with van der Waals surface area (Å²) in [5, 5.41) is 30.5. The fourth-order valence-electron chi connectivity index (χ4n) is 3.04. The van der Waals surface area contributed by atoms with Crippen molar-refractivity contribution < 1.29 is 29.7 Å². The van der Waals surface area contributed by atoms with Crippen molar-refractivity contribution in [2.75, 3.05) is 11.5 Å². The van der Waals surface area contributed by atoms with Gasteiger partial charge in [-0.15, -0.1) is 0 Å². The number of nitrogens with two attached hydrogens (primary N) is 2. The van der Waals surface area contributed by atoms with Crippen LogP contribution >= 0.6 is 0 Å². The lowest BCUT2D eigenvalue weighted by molar-refractivity contribution is -0.140. The second-order valence-electron chi connectivity index (χ2n) is 7.14. The lowest BCUT2D eigenvalue weighted by Crippen LogP contribution is -2.41. The lowest BCUT2D eigenvalue weighted by atomic mass is 10.0. The molecule has 2 aromatic rings. The Bertz CT molecular complexity index is 1040. The molecule has 0 bridgehead atoms. The van der Waals surface area contributed by atoms with Gasteiger partial charge in [-0.3, -0.25) is 19.4 Å². The van der Waals surface area contributed by atoms with E-state index in [0.717, 1.165) is 0 Å². The van der Waals surface area contributed by atoms with Crippen molar-refractivity contribution in [3.8, 4) is 0 Å². The number of carbonyl (C=O) groups is 3. The number of rotatable bonds is 11. The number of aliphatic hydroxyl groups is 1. The number of nitrogens with zero attached hydrogens (tertiary/aromatic N) is 1. The molecule has 9 N–H and O–H groups in total. The molecular weight excluding hydrogens is 422 g/mol. The molecule has 172 valence electrons. The van der Waals surface area contributed by atoms with E-state index in [2.05, 4.69) is 15.3 Å². The van der Waals surface area contributed by atoms with Crippen LogP contribution in [0.5, 0.6) is 0 Å². The number of aliphatic hydroxyl groups excluding tert-OH is 1. The predicted octanol–water partition coefficient (Wildman–Crippen LogP) is 0.0384. The summed E-state index contributed by atoms with van der Waals surface area (Å²) in [5.41, 5.74) is 11.7. The van der Waals surface area contributed by atoms with Gasteiger partial charge in [0.1, 0.15) is 11.9 Å². The highest BCUT2D eigenvalue weighted by molar-refractivity contribution is 5.96. The minimum Gasteiger partial charge on any atom is -0.481 e. The number of carbonyl (C=O) groups excluding carboxylic acids is 1. The molecule has 0 saturated carbocycles. The minimum atomic E-state index is -1.33. The Morgan fingerprint density at radius 2 is 1.75 bits per heavy atom. The summed E-state index contributed by atoms with van der Waals surface area (Å²) in [7, 11) is 0. The third kappa shape index (κ3) is 6.80. The number of benzene rings is 1. The van der Waals surface area contributed by atoms with E-state index in [0.29, 0.717) is 24.8 Å². The number of carboxylic acids is 2. The summed E-state index contributed by atoms with van der Waals surface area (Å²) in [5.74, 6) is -3.20. The van der Waals surface area contributed by atoms with E-state index in [1.54, 1.807) is 0 Å². The van der Waals surface area contributed by atoms with Crippen LogP contribution in [-0.4, -0.2) is 49.2 Å². The topological polar surface area (TPSA) is 222 Å². The molecule has 1 aromatic carbocycles. The number of aliphatic carboxylic acids is 2. The zero-order chi connectivity index (χ0) is 23.8. The van der Waals surface area contributed by atoms with Crippen LogP contribution in [0.25, 0.3) is 0 Å². The largest absolute Gasteiger partial charge is 0.481 e. The van der Waals surface area contributed by atoms with Gasteiger partial charge in [0.25, 0.3) is 11.5 Å². The fraction of sp³-hybridized carbons (Fsp3) is 0.350. The Morgan fingerprint density at radius 3 is 2.31 bits per heavy atom. The second-order valence-corrected chi connectivity index (χ2v) is 7.14. The number of carboxylic acid groups (broad SMARTS) is 2. The molecule has 12 nitrogen and oxygen atoms in total. The Kier molecular flexibility index (Phi) is 8.30. The molecule has 2 rings (SSSR count). The van der Waals surface area contributed by atoms with Crippen molar-refractivity contribution >= 4 is 29.6 Å². The summed E-state index contributed by atoms with van der Waals surface area (Å²) >= 11 is 0. The Balaban J connectivity index is 1.93. The lowest BCUT2D eigenvalue weighted by Gasteiger charge is -2.15. The molecule has 0 saturated heterocycles. The van der Waals surface area contributed by atoms with Gasteiger partial charge in [-0.25, -0.2) is 4.79 Å². The molecule has 1 amide bonds. The van der Waals surface area contributed by atoms with Crippen LogP contribution in [0.4, 0.5) is 11.8 Å². The molecular formula is C20H25N5O7. The fourth-order valence-corrected chi connectivity index (χ4v) is 3.04. The maximum Gasteiger partial charge on any atom is 0.326 e. The van der Waals surface area contributed by atoms with Gasteiger partial charge in [-0.2, -0.15) is 4.98 Å². The van der Waals surface area contributed by atoms with Crippen LogP contribution in [0.15, 0.2) is 29.1 Å². The van der Waals surface area contributed by atoms with Crippen molar-refractivity contribution in [3.63, 3.8) is 0 Å². The highest BCUT2D eigenvalue weighted by Crippen LogP contribution is 2.20. The maximum atomic E-state index is 12.3. The first kappa shape index (κ1) is 24.3. The Labute approximate surface area is 182 Å². The molecule has 0 fully saturated rings. The Hall–Kier alpha value is -3.93. The van der Waals surface area contributed by atoms with Gasteiger partial charge in [0.15, 0.2) is 0 Å². The summed E-state index contributed by atoms with van der Waals surface area (Å²) in [6, 6.07) is 4.58. The Morgan fingerprint density at radius 1 is 1.09 bits per heavy atom. The molecule has 1 heterocycles. The second kappa shape index (κ2) is 10.9. The SMILES string of the molecule is Nc1nc(N)c(CCC[C@@H](O)c2ccc(C(=O)N[C@@H](CCC(=O)O)C(=O)O)cc2)c(=O)[nH]1. The van der Waals surface area contributed by atoms with E-state index in [1.165, 1.54) is 24.3 Å². The third-order valence-corrected chi connectivity index (χ3v) is 4.78. The number of anilines is 2. The standard InChI is InChI=1S/C20H25N5O7/c21-16-12(18(30)25-20(22)24-16)2-1-3-14(26)10-4-6-11(7-5-10)17(29)23-13(19(31)32)8-9-15(27)28/h4-7,13-14,26H,1-3,8-9H2,(H,23,29)(H,27,28)(H,31,32)(H5,21,22,24,25,30)/t13-,14+/m0/s1. The van der Waals surface area contributed by atoms with Gasteiger partial charge in [0.2, 0.25) is 5.95 Å². The number of aromatic nitrogens is 2. The van der Waals surface area contributed by atoms with Crippen molar-refractivity contribution in [1.82, 2.24) is 15.3 Å². The average molecular weight is 447 g/mol. The van der Waals surface area contributed by atoms with Crippen molar-refractivity contribution in [1.29, 1.82) is 0 Å². The van der Waals surface area contributed by atoms with E-state index >= 15 is 0 Å². The van der Waals surface area contributed by atoms with Crippen molar-refractivity contribution in [2.24, 2.45) is 0 Å². The van der Waals surface area contributed by atoms with Crippen LogP contribution in [-0.2, 0) is 16.0 Å². The quantitative estimate of drug-likeness (QED) is 0.245. The first-order chi connectivity index (χ1) is 15.1. The molecule has 0 aliphatic heterocycles. The van der Waals surface area contributed by atoms with E-state index in [4.69, 9.17) is 21.7 Å². The zero-order valence-corrected chi connectivity index (χ0v) is 17.1. The smallest absolute Gasteiger partial charge is 0.326 e. The van der Waals surface area contributed by atoms with Gasteiger partial charge < -0.3 is 32.1 Å². The van der Waals surface area contributed by atoms with Gasteiger partial charge in [0.05, 0.1) is 11.7 Å². The van der Waals surface area contributed by atoms with Crippen molar-refractivity contribution in [2.45, 2.75) is 44.2 Å². The minimum absolute atomic E-state index is 0.0409. The van der Waals surface area contributed by atoms with Crippen LogP contribution in [0.1, 0.15) is 53.3 Å². The zero-order valence-electron chi connectivity index (χ0n) is 17.1. The van der Waals surface area contributed by atoms with Gasteiger partial charge in [-0.05, 0) is 43.4 Å². The molecule has 0 unspecified atom stereocenters. The van der Waals surface area contributed by atoms with E-state index in [-0.39, 0.29) is 29.3 Å². The van der Waals surface area contributed by atoms with Gasteiger partial charge in [-0.1, -0.05) is 12.1 Å². The van der Waals surface area contributed by atoms with Crippen LogP contribution in [0, 0.1) is 0 Å². The number of amides is 1. The van der Waals surface area contributed by atoms with Crippen LogP contribution in [0.3, 0.4) is 0 Å². The van der Waals surface area contributed by atoms with Gasteiger partial charge in [0, 0.05) is 12.0 Å². The summed E-state index contributed by atoms with van der Waals surface area (Å²) < 4.78 is 0. The molecule has 0 aliphatic rings. The third-order valence-electron chi connectivity index (χ3n) is 4.78. The highest BCUT2D eigenvalue weighted by atomic mass is 16.4. The molecule has 0 radical (unpaired) electrons. The molecule has 0 aliphatic carbocycles. The summed E-state index contributed by atoms with van der Waals surface area (Å²) in [6.07, 6.45) is -0.469. The van der Waals surface area contributed by atoms with E-state index < -0.39 is 42.0 Å². The molecule has 0 spiro atoms. The first-order valence-electron chi connectivity index (χ1n) is 9.76. The van der Waals surface area contributed by atoms with Gasteiger partial charge >= 0.3 is 11.9 Å². The molecule has 1 aromatic heterocycles. The normalized spacial score (nSPS) is 12.7. The van der Waals surface area contributed by atoms with E-state index in [9.17, 15) is 24.3 Å². The van der Waals surface area contributed by atoms with Crippen molar-refractivity contribution in [3.05, 3.63) is 51.3 Å². The number of hydrogen-bond acceptors (Lipinski definition) is 8.